The number of amides is 1. The Labute approximate surface area is 132 Å². The summed E-state index contributed by atoms with van der Waals surface area (Å²) in [5.41, 5.74) is 8.66. The zero-order chi connectivity index (χ0) is 15.6. The Morgan fingerprint density at radius 1 is 1.43 bits per heavy atom. The van der Waals surface area contributed by atoms with Gasteiger partial charge in [0.25, 0.3) is 5.91 Å². The van der Waals surface area contributed by atoms with Crippen LogP contribution in [-0.4, -0.2) is 27.6 Å². The van der Waals surface area contributed by atoms with Crippen LogP contribution in [0.1, 0.15) is 28.7 Å². The molecule has 0 aliphatic carbocycles. The lowest BCUT2D eigenvalue weighted by atomic mass is 10.2. The van der Waals surface area contributed by atoms with Crippen LogP contribution in [0.15, 0.2) is 28.7 Å². The van der Waals surface area contributed by atoms with Crippen molar-refractivity contribution in [1.29, 1.82) is 0 Å². The second kappa shape index (κ2) is 6.30. The van der Waals surface area contributed by atoms with Gasteiger partial charge in [-0.2, -0.15) is 5.10 Å². The Hall–Kier alpha value is -1.82. The Kier molecular flexibility index (Phi) is 4.67. The summed E-state index contributed by atoms with van der Waals surface area (Å²) in [7, 11) is 1.77. The highest BCUT2D eigenvalue weighted by molar-refractivity contribution is 9.10. The Bertz CT molecular complexity index is 666. The van der Waals surface area contributed by atoms with Gasteiger partial charge in [0, 0.05) is 24.6 Å². The Morgan fingerprint density at radius 2 is 2.10 bits per heavy atom. The first-order valence-electron chi connectivity index (χ1n) is 6.77. The van der Waals surface area contributed by atoms with E-state index in [-0.39, 0.29) is 5.91 Å². The number of hydrogen-bond acceptors (Lipinski definition) is 3. The number of nitrogen functional groups attached to an aromatic ring is 1. The smallest absolute Gasteiger partial charge is 0.274 e. The Morgan fingerprint density at radius 3 is 2.71 bits per heavy atom. The van der Waals surface area contributed by atoms with Crippen LogP contribution in [0, 0.1) is 6.92 Å². The van der Waals surface area contributed by atoms with Crippen LogP contribution in [0.2, 0.25) is 0 Å². The number of carbonyl (C=O) groups excluding carboxylic acids is 1. The van der Waals surface area contributed by atoms with E-state index in [4.69, 9.17) is 5.73 Å². The zero-order valence-corrected chi connectivity index (χ0v) is 14.0. The van der Waals surface area contributed by atoms with Gasteiger partial charge in [-0.1, -0.05) is 34.1 Å². The average Bonchev–Trinajstić information content (AvgIpc) is 2.76. The molecular formula is C15H19BrN4O. The monoisotopic (exact) mass is 350 g/mol. The summed E-state index contributed by atoms with van der Waals surface area (Å²) in [6.07, 6.45) is 0. The van der Waals surface area contributed by atoms with Gasteiger partial charge in [-0.3, -0.25) is 9.48 Å². The van der Waals surface area contributed by atoms with Gasteiger partial charge in [0.1, 0.15) is 5.69 Å². The summed E-state index contributed by atoms with van der Waals surface area (Å²) in [4.78, 5) is 14.3. The van der Waals surface area contributed by atoms with Crippen molar-refractivity contribution >= 4 is 27.5 Å². The molecule has 0 saturated carbocycles. The third-order valence-corrected chi connectivity index (χ3v) is 4.16. The van der Waals surface area contributed by atoms with Crippen LogP contribution >= 0.6 is 15.9 Å². The van der Waals surface area contributed by atoms with Crippen LogP contribution in [-0.2, 0) is 13.1 Å². The van der Waals surface area contributed by atoms with Crippen molar-refractivity contribution in [3.8, 4) is 0 Å². The first kappa shape index (κ1) is 15.6. The van der Waals surface area contributed by atoms with E-state index in [0.29, 0.717) is 30.2 Å². The predicted octanol–water partition coefficient (Wildman–Crippen LogP) is 2.83. The molecule has 21 heavy (non-hydrogen) atoms. The molecule has 112 valence electrons. The van der Waals surface area contributed by atoms with Crippen LogP contribution in [0.5, 0.6) is 0 Å². The maximum atomic E-state index is 12.6. The first-order chi connectivity index (χ1) is 9.95. The van der Waals surface area contributed by atoms with E-state index < -0.39 is 0 Å². The van der Waals surface area contributed by atoms with E-state index in [1.807, 2.05) is 38.1 Å². The van der Waals surface area contributed by atoms with E-state index in [1.165, 1.54) is 0 Å². The molecule has 0 radical (unpaired) electrons. The van der Waals surface area contributed by atoms with Crippen LogP contribution in [0.3, 0.4) is 0 Å². The second-order valence-corrected chi connectivity index (χ2v) is 5.77. The van der Waals surface area contributed by atoms with Gasteiger partial charge in [0.15, 0.2) is 0 Å². The molecule has 0 aliphatic heterocycles. The molecule has 1 aromatic heterocycles. The molecule has 2 rings (SSSR count). The molecule has 1 heterocycles. The normalized spacial score (nSPS) is 10.7. The number of benzene rings is 1. The maximum absolute atomic E-state index is 12.6. The largest absolute Gasteiger partial charge is 0.395 e. The van der Waals surface area contributed by atoms with Crippen molar-refractivity contribution in [1.82, 2.24) is 14.7 Å². The number of nitrogens with two attached hydrogens (primary N) is 1. The third kappa shape index (κ3) is 3.10. The fourth-order valence-corrected chi connectivity index (χ4v) is 2.59. The summed E-state index contributed by atoms with van der Waals surface area (Å²) in [5, 5.41) is 4.29. The van der Waals surface area contributed by atoms with Crippen molar-refractivity contribution in [3.05, 3.63) is 45.7 Å². The van der Waals surface area contributed by atoms with Crippen molar-refractivity contribution in [2.24, 2.45) is 0 Å². The third-order valence-electron chi connectivity index (χ3n) is 3.39. The van der Waals surface area contributed by atoms with Crippen LogP contribution in [0.4, 0.5) is 5.69 Å². The predicted molar refractivity (Wildman–Crippen MR) is 87.0 cm³/mol. The molecule has 0 atom stereocenters. The first-order valence-corrected chi connectivity index (χ1v) is 7.56. The van der Waals surface area contributed by atoms with Gasteiger partial charge in [-0.15, -0.1) is 0 Å². The molecular weight excluding hydrogens is 332 g/mol. The average molecular weight is 351 g/mol. The highest BCUT2D eigenvalue weighted by atomic mass is 79.9. The topological polar surface area (TPSA) is 64.2 Å². The van der Waals surface area contributed by atoms with Crippen molar-refractivity contribution in [2.45, 2.75) is 26.9 Å². The minimum atomic E-state index is -0.120. The molecule has 6 heteroatoms. The number of hydrogen-bond donors (Lipinski definition) is 1. The minimum Gasteiger partial charge on any atom is -0.395 e. The number of aromatic nitrogens is 2. The standard InChI is InChI=1S/C15H19BrN4O/c1-4-20-14(13(17)10(2)18-20)15(21)19(3)9-11-7-5-6-8-12(11)16/h5-8H,4,9,17H2,1-3H3. The van der Waals surface area contributed by atoms with Crippen LogP contribution < -0.4 is 5.73 Å². The quantitative estimate of drug-likeness (QED) is 0.921. The highest BCUT2D eigenvalue weighted by Crippen LogP contribution is 2.21. The molecule has 0 saturated heterocycles. The van der Waals surface area contributed by atoms with Gasteiger partial charge >= 0.3 is 0 Å². The second-order valence-electron chi connectivity index (χ2n) is 4.92. The molecule has 1 aromatic carbocycles. The van der Waals surface area contributed by atoms with Gasteiger partial charge in [0.2, 0.25) is 0 Å². The van der Waals surface area contributed by atoms with E-state index in [1.54, 1.807) is 16.6 Å². The maximum Gasteiger partial charge on any atom is 0.274 e. The minimum absolute atomic E-state index is 0.120. The van der Waals surface area contributed by atoms with E-state index in [2.05, 4.69) is 21.0 Å². The highest BCUT2D eigenvalue weighted by Gasteiger charge is 2.22. The van der Waals surface area contributed by atoms with E-state index in [9.17, 15) is 4.79 Å². The number of aryl methyl sites for hydroxylation is 2. The number of nitrogens with zero attached hydrogens (tertiary/aromatic N) is 3. The molecule has 2 aromatic rings. The summed E-state index contributed by atoms with van der Waals surface area (Å²) in [5.74, 6) is -0.120. The summed E-state index contributed by atoms with van der Waals surface area (Å²) < 4.78 is 2.64. The SMILES string of the molecule is CCn1nc(C)c(N)c1C(=O)N(C)Cc1ccccc1Br. The number of halogens is 1. The van der Waals surface area contributed by atoms with Crippen molar-refractivity contribution < 1.29 is 4.79 Å². The molecule has 0 aliphatic rings. The van der Waals surface area contributed by atoms with Gasteiger partial charge in [0.05, 0.1) is 11.4 Å². The van der Waals surface area contributed by atoms with Gasteiger partial charge < -0.3 is 10.6 Å². The van der Waals surface area contributed by atoms with Crippen molar-refractivity contribution in [3.63, 3.8) is 0 Å². The summed E-state index contributed by atoms with van der Waals surface area (Å²) in [6.45, 7) is 4.87. The van der Waals surface area contributed by atoms with E-state index in [0.717, 1.165) is 10.0 Å². The molecule has 0 fully saturated rings. The van der Waals surface area contributed by atoms with E-state index >= 15 is 0 Å². The summed E-state index contributed by atoms with van der Waals surface area (Å²) in [6, 6.07) is 7.85. The lowest BCUT2D eigenvalue weighted by molar-refractivity contribution is 0.0773. The molecule has 0 spiro atoms. The number of rotatable bonds is 4. The lowest BCUT2D eigenvalue weighted by Crippen LogP contribution is -2.29. The fourth-order valence-electron chi connectivity index (χ4n) is 2.18. The zero-order valence-electron chi connectivity index (χ0n) is 12.4. The lowest BCUT2D eigenvalue weighted by Gasteiger charge is -2.19. The molecule has 2 N–H and O–H groups in total. The Balaban J connectivity index is 2.26. The molecule has 1 amide bonds. The molecule has 5 nitrogen and oxygen atoms in total. The number of anilines is 1. The van der Waals surface area contributed by atoms with Gasteiger partial charge in [-0.05, 0) is 25.5 Å². The summed E-state index contributed by atoms with van der Waals surface area (Å²) >= 11 is 3.50. The molecule has 0 unspecified atom stereocenters. The van der Waals surface area contributed by atoms with Gasteiger partial charge in [-0.25, -0.2) is 0 Å². The fraction of sp³-hybridized carbons (Fsp3) is 0.333. The molecule has 0 bridgehead atoms. The van der Waals surface area contributed by atoms with Crippen molar-refractivity contribution in [2.75, 3.05) is 12.8 Å². The van der Waals surface area contributed by atoms with Crippen LogP contribution in [0.25, 0.3) is 0 Å². The number of carbonyl (C=O) groups is 1.